The van der Waals surface area contributed by atoms with E-state index in [0.29, 0.717) is 6.29 Å². The van der Waals surface area contributed by atoms with E-state index >= 15 is 0 Å². The monoisotopic (exact) mass is 221 g/mol. The van der Waals surface area contributed by atoms with Gasteiger partial charge < -0.3 is 4.55 Å². The summed E-state index contributed by atoms with van der Waals surface area (Å²) in [5.74, 6) is -0.969. The van der Waals surface area contributed by atoms with Gasteiger partial charge in [-0.25, -0.2) is 4.39 Å². The molecular formula is C7H3ClFO3S-. The predicted octanol–water partition coefficient (Wildman–Crippen LogP) is 1.53. The molecule has 0 aliphatic carbocycles. The molecule has 1 atom stereocenters. The zero-order valence-electron chi connectivity index (χ0n) is 6.12. The quantitative estimate of drug-likeness (QED) is 0.562. The molecule has 0 spiro atoms. The molecule has 0 N–H and O–H groups in total. The molecule has 0 radical (unpaired) electrons. The highest BCUT2D eigenvalue weighted by Crippen LogP contribution is 2.20. The molecule has 1 aromatic carbocycles. The Hall–Kier alpha value is -0.780. The van der Waals surface area contributed by atoms with Gasteiger partial charge in [0.2, 0.25) is 0 Å². The first kappa shape index (κ1) is 10.3. The lowest BCUT2D eigenvalue weighted by molar-refractivity contribution is 0.112. The highest BCUT2D eigenvalue weighted by atomic mass is 35.5. The molecule has 0 fully saturated rings. The second-order valence-electron chi connectivity index (χ2n) is 2.16. The van der Waals surface area contributed by atoms with Gasteiger partial charge in [0.1, 0.15) is 5.82 Å². The lowest BCUT2D eigenvalue weighted by Gasteiger charge is -2.07. The Labute approximate surface area is 80.8 Å². The van der Waals surface area contributed by atoms with Crippen LogP contribution in [0.4, 0.5) is 4.39 Å². The standard InChI is InChI=1S/C7H4ClFO3S/c8-5-2-6(9)7(13(11)12)1-4(5)3-10/h1-3H,(H,11,12)/p-1. The third-order valence-electron chi connectivity index (χ3n) is 1.36. The molecule has 13 heavy (non-hydrogen) atoms. The molecule has 6 heteroatoms. The Morgan fingerprint density at radius 3 is 2.62 bits per heavy atom. The fourth-order valence-electron chi connectivity index (χ4n) is 0.763. The first-order valence-corrected chi connectivity index (χ1v) is 4.55. The summed E-state index contributed by atoms with van der Waals surface area (Å²) in [5.41, 5.74) is -0.0535. The molecule has 0 heterocycles. The summed E-state index contributed by atoms with van der Waals surface area (Å²) >= 11 is 2.73. The van der Waals surface area contributed by atoms with E-state index in [0.717, 1.165) is 12.1 Å². The van der Waals surface area contributed by atoms with Crippen molar-refractivity contribution in [3.05, 3.63) is 28.5 Å². The number of carbonyl (C=O) groups is 1. The van der Waals surface area contributed by atoms with Crippen LogP contribution >= 0.6 is 11.6 Å². The van der Waals surface area contributed by atoms with Gasteiger partial charge in [0, 0.05) is 5.56 Å². The van der Waals surface area contributed by atoms with E-state index in [1.807, 2.05) is 0 Å². The largest absolute Gasteiger partial charge is 0.768 e. The Kier molecular flexibility index (Phi) is 3.13. The number of benzene rings is 1. The first-order valence-electron chi connectivity index (χ1n) is 3.09. The van der Waals surface area contributed by atoms with E-state index in [-0.39, 0.29) is 10.6 Å². The van der Waals surface area contributed by atoms with Gasteiger partial charge in [-0.15, -0.1) is 0 Å². The van der Waals surface area contributed by atoms with Crippen molar-refractivity contribution in [2.45, 2.75) is 4.90 Å². The molecule has 0 aromatic heterocycles. The number of halogens is 2. The lowest BCUT2D eigenvalue weighted by Crippen LogP contribution is -1.96. The normalized spacial score (nSPS) is 12.5. The Morgan fingerprint density at radius 2 is 2.15 bits per heavy atom. The van der Waals surface area contributed by atoms with Crippen LogP contribution in [0.1, 0.15) is 10.4 Å². The number of rotatable bonds is 2. The summed E-state index contributed by atoms with van der Waals surface area (Å²) in [6, 6.07) is 1.67. The van der Waals surface area contributed by atoms with Crippen LogP contribution in [0.5, 0.6) is 0 Å². The zero-order valence-corrected chi connectivity index (χ0v) is 7.69. The Balaban J connectivity index is 3.38. The summed E-state index contributed by atoms with van der Waals surface area (Å²) < 4.78 is 33.6. The van der Waals surface area contributed by atoms with E-state index in [2.05, 4.69) is 0 Å². The molecule has 0 saturated heterocycles. The van der Waals surface area contributed by atoms with Crippen molar-refractivity contribution in [3.63, 3.8) is 0 Å². The molecule has 0 aliphatic rings. The second-order valence-corrected chi connectivity index (χ2v) is 3.47. The van der Waals surface area contributed by atoms with Crippen molar-refractivity contribution in [3.8, 4) is 0 Å². The fraction of sp³-hybridized carbons (Fsp3) is 0. The summed E-state index contributed by atoms with van der Waals surface area (Å²) in [7, 11) is 0. The van der Waals surface area contributed by atoms with Gasteiger partial charge in [-0.2, -0.15) is 0 Å². The van der Waals surface area contributed by atoms with Gasteiger partial charge in [-0.3, -0.25) is 9.00 Å². The van der Waals surface area contributed by atoms with Crippen molar-refractivity contribution in [2.24, 2.45) is 0 Å². The summed E-state index contributed by atoms with van der Waals surface area (Å²) in [4.78, 5) is 9.74. The molecule has 1 rings (SSSR count). The Bertz CT molecular complexity index is 380. The predicted molar refractivity (Wildman–Crippen MR) is 44.0 cm³/mol. The highest BCUT2D eigenvalue weighted by Gasteiger charge is 2.08. The first-order chi connectivity index (χ1) is 6.06. The van der Waals surface area contributed by atoms with Crippen molar-refractivity contribution in [2.75, 3.05) is 0 Å². The maximum absolute atomic E-state index is 12.8. The lowest BCUT2D eigenvalue weighted by atomic mass is 10.2. The molecule has 0 amide bonds. The fourth-order valence-corrected chi connectivity index (χ4v) is 1.40. The van der Waals surface area contributed by atoms with Crippen molar-refractivity contribution < 1.29 is 17.9 Å². The molecule has 0 aliphatic heterocycles. The van der Waals surface area contributed by atoms with Crippen molar-refractivity contribution in [1.82, 2.24) is 0 Å². The molecule has 1 aromatic rings. The van der Waals surface area contributed by atoms with Gasteiger partial charge in [-0.1, -0.05) is 11.6 Å². The van der Waals surface area contributed by atoms with Crippen molar-refractivity contribution in [1.29, 1.82) is 0 Å². The third kappa shape index (κ3) is 2.12. The topological polar surface area (TPSA) is 57.2 Å². The second kappa shape index (κ2) is 3.95. The van der Waals surface area contributed by atoms with Gasteiger partial charge in [0.15, 0.2) is 6.29 Å². The minimum Gasteiger partial charge on any atom is -0.768 e. The average molecular weight is 222 g/mol. The molecular weight excluding hydrogens is 219 g/mol. The van der Waals surface area contributed by atoms with E-state index in [1.165, 1.54) is 0 Å². The number of carbonyl (C=O) groups excluding carboxylic acids is 1. The SMILES string of the molecule is O=Cc1cc(S(=O)[O-])c(F)cc1Cl. The van der Waals surface area contributed by atoms with Crippen LogP contribution in [-0.2, 0) is 11.1 Å². The maximum atomic E-state index is 12.8. The number of hydrogen-bond acceptors (Lipinski definition) is 3. The highest BCUT2D eigenvalue weighted by molar-refractivity contribution is 7.79. The number of aldehydes is 1. The van der Waals surface area contributed by atoms with Crippen LogP contribution in [-0.4, -0.2) is 15.0 Å². The smallest absolute Gasteiger partial charge is 0.151 e. The van der Waals surface area contributed by atoms with Crippen molar-refractivity contribution >= 4 is 29.0 Å². The average Bonchev–Trinajstić information content (AvgIpc) is 2.03. The van der Waals surface area contributed by atoms with Crippen LogP contribution in [0.25, 0.3) is 0 Å². The molecule has 0 saturated carbocycles. The van der Waals surface area contributed by atoms with Gasteiger partial charge in [0.05, 0.1) is 9.92 Å². The maximum Gasteiger partial charge on any atom is 0.151 e. The summed E-state index contributed by atoms with van der Waals surface area (Å²) in [6.45, 7) is 0. The van der Waals surface area contributed by atoms with Crippen LogP contribution in [0.2, 0.25) is 5.02 Å². The minimum absolute atomic E-state index is 0.0535. The van der Waals surface area contributed by atoms with E-state index in [9.17, 15) is 17.9 Å². The minimum atomic E-state index is -2.70. The molecule has 3 nitrogen and oxygen atoms in total. The van der Waals surface area contributed by atoms with E-state index in [1.54, 1.807) is 0 Å². The zero-order chi connectivity index (χ0) is 10.0. The van der Waals surface area contributed by atoms with Gasteiger partial charge in [0.25, 0.3) is 0 Å². The van der Waals surface area contributed by atoms with E-state index < -0.39 is 21.8 Å². The third-order valence-corrected chi connectivity index (χ3v) is 2.36. The van der Waals surface area contributed by atoms with Crippen LogP contribution in [0.15, 0.2) is 17.0 Å². The molecule has 1 unspecified atom stereocenters. The summed E-state index contributed by atoms with van der Waals surface area (Å²) in [5, 5.41) is -0.110. The molecule has 0 bridgehead atoms. The molecule has 70 valence electrons. The van der Waals surface area contributed by atoms with Crippen LogP contribution in [0.3, 0.4) is 0 Å². The van der Waals surface area contributed by atoms with E-state index in [4.69, 9.17) is 11.6 Å². The van der Waals surface area contributed by atoms with Crippen LogP contribution < -0.4 is 0 Å². The Morgan fingerprint density at radius 1 is 1.54 bits per heavy atom. The van der Waals surface area contributed by atoms with Crippen LogP contribution in [0, 0.1) is 5.82 Å². The summed E-state index contributed by atoms with van der Waals surface area (Å²) in [6.07, 6.45) is 0.359. The number of hydrogen-bond donors (Lipinski definition) is 0. The van der Waals surface area contributed by atoms with Gasteiger partial charge in [-0.05, 0) is 23.2 Å². The van der Waals surface area contributed by atoms with Gasteiger partial charge >= 0.3 is 0 Å².